The monoisotopic (exact) mass is 184 g/mol. The zero-order chi connectivity index (χ0) is 10.1. The predicted molar refractivity (Wildman–Crippen MR) is 49.1 cm³/mol. The van der Waals surface area contributed by atoms with Gasteiger partial charge in [-0.3, -0.25) is 4.68 Å². The summed E-state index contributed by atoms with van der Waals surface area (Å²) in [6, 6.07) is 0. The highest BCUT2D eigenvalue weighted by Crippen LogP contribution is 2.27. The average Bonchev–Trinajstić information content (AvgIpc) is 2.50. The van der Waals surface area contributed by atoms with Crippen molar-refractivity contribution in [3.05, 3.63) is 18.0 Å². The molecule has 4 nitrogen and oxygen atoms in total. The molecule has 1 heterocycles. The summed E-state index contributed by atoms with van der Waals surface area (Å²) in [6.45, 7) is 3.45. The van der Waals surface area contributed by atoms with Crippen LogP contribution in [0.5, 0.6) is 0 Å². The summed E-state index contributed by atoms with van der Waals surface area (Å²) in [5.74, 6) is 0. The van der Waals surface area contributed by atoms with Crippen LogP contribution in [-0.4, -0.2) is 25.6 Å². The molecule has 0 saturated carbocycles. The molecule has 0 radical (unpaired) electrons. The van der Waals surface area contributed by atoms with Crippen LogP contribution in [0, 0.1) is 0 Å². The van der Waals surface area contributed by atoms with Crippen molar-refractivity contribution < 1.29 is 10.2 Å². The first-order chi connectivity index (χ1) is 5.97. The van der Waals surface area contributed by atoms with Gasteiger partial charge in [0, 0.05) is 18.8 Å². The third kappa shape index (κ3) is 2.08. The molecule has 0 bridgehead atoms. The maximum absolute atomic E-state index is 9.77. The molecule has 0 aliphatic heterocycles. The largest absolute Gasteiger partial charge is 0.387 e. The van der Waals surface area contributed by atoms with Crippen molar-refractivity contribution in [3.8, 4) is 0 Å². The van der Waals surface area contributed by atoms with Crippen molar-refractivity contribution in [2.45, 2.75) is 32.0 Å². The van der Waals surface area contributed by atoms with Gasteiger partial charge in [0.05, 0.1) is 11.8 Å². The lowest BCUT2D eigenvalue weighted by Gasteiger charge is -2.26. The SMILES string of the molecule is CCC(C)(O)C(O)c1cnn(C)c1. The zero-order valence-corrected chi connectivity index (χ0v) is 8.23. The van der Waals surface area contributed by atoms with Crippen molar-refractivity contribution in [3.63, 3.8) is 0 Å². The Morgan fingerprint density at radius 3 is 2.69 bits per heavy atom. The maximum atomic E-state index is 9.77. The van der Waals surface area contributed by atoms with Crippen LogP contribution in [0.15, 0.2) is 12.4 Å². The Morgan fingerprint density at radius 1 is 1.69 bits per heavy atom. The molecule has 0 fully saturated rings. The van der Waals surface area contributed by atoms with E-state index in [0.29, 0.717) is 12.0 Å². The first-order valence-electron chi connectivity index (χ1n) is 4.36. The molecule has 2 atom stereocenters. The number of aliphatic hydroxyl groups is 2. The standard InChI is InChI=1S/C9H16N2O2/c1-4-9(2,13)8(12)7-5-10-11(3)6-7/h5-6,8,12-13H,4H2,1-3H3. The Hall–Kier alpha value is -0.870. The van der Waals surface area contributed by atoms with Crippen molar-refractivity contribution >= 4 is 0 Å². The van der Waals surface area contributed by atoms with E-state index < -0.39 is 11.7 Å². The molecule has 4 heteroatoms. The van der Waals surface area contributed by atoms with Crippen molar-refractivity contribution in [1.82, 2.24) is 9.78 Å². The lowest BCUT2D eigenvalue weighted by Crippen LogP contribution is -2.31. The highest BCUT2D eigenvalue weighted by atomic mass is 16.3. The van der Waals surface area contributed by atoms with Crippen LogP contribution in [0.25, 0.3) is 0 Å². The van der Waals surface area contributed by atoms with Crippen molar-refractivity contribution in [2.75, 3.05) is 0 Å². The number of hydrogen-bond acceptors (Lipinski definition) is 3. The van der Waals surface area contributed by atoms with E-state index in [-0.39, 0.29) is 0 Å². The summed E-state index contributed by atoms with van der Waals surface area (Å²) < 4.78 is 1.60. The lowest BCUT2D eigenvalue weighted by atomic mass is 9.92. The molecule has 74 valence electrons. The topological polar surface area (TPSA) is 58.3 Å². The molecule has 2 unspecified atom stereocenters. The number of aliphatic hydroxyl groups excluding tert-OH is 1. The maximum Gasteiger partial charge on any atom is 0.110 e. The van der Waals surface area contributed by atoms with E-state index in [4.69, 9.17) is 0 Å². The number of nitrogens with zero attached hydrogens (tertiary/aromatic N) is 2. The van der Waals surface area contributed by atoms with Gasteiger partial charge in [0.25, 0.3) is 0 Å². The predicted octanol–water partition coefficient (Wildman–Crippen LogP) is 0.614. The molecular weight excluding hydrogens is 168 g/mol. The summed E-state index contributed by atoms with van der Waals surface area (Å²) in [4.78, 5) is 0. The molecule has 0 spiro atoms. The van der Waals surface area contributed by atoms with E-state index in [1.165, 1.54) is 0 Å². The summed E-state index contributed by atoms with van der Waals surface area (Å²) in [7, 11) is 1.77. The van der Waals surface area contributed by atoms with E-state index in [1.807, 2.05) is 6.92 Å². The van der Waals surface area contributed by atoms with E-state index in [9.17, 15) is 10.2 Å². The van der Waals surface area contributed by atoms with Crippen LogP contribution < -0.4 is 0 Å². The number of aryl methyl sites for hydroxylation is 1. The van der Waals surface area contributed by atoms with Gasteiger partial charge in [-0.05, 0) is 13.3 Å². The molecule has 2 N–H and O–H groups in total. The Balaban J connectivity index is 2.84. The third-order valence-electron chi connectivity index (χ3n) is 2.35. The smallest absolute Gasteiger partial charge is 0.110 e. The third-order valence-corrected chi connectivity index (χ3v) is 2.35. The van der Waals surface area contributed by atoms with Gasteiger partial charge in [-0.1, -0.05) is 6.92 Å². The lowest BCUT2D eigenvalue weighted by molar-refractivity contribution is -0.0659. The minimum absolute atomic E-state index is 0.503. The highest BCUT2D eigenvalue weighted by Gasteiger charge is 2.30. The van der Waals surface area contributed by atoms with E-state index >= 15 is 0 Å². The second kappa shape index (κ2) is 3.47. The quantitative estimate of drug-likeness (QED) is 0.723. The molecule has 0 amide bonds. The van der Waals surface area contributed by atoms with E-state index in [1.54, 1.807) is 31.0 Å². The molecule has 0 aromatic carbocycles. The Labute approximate surface area is 77.8 Å². The van der Waals surface area contributed by atoms with Gasteiger partial charge < -0.3 is 10.2 Å². The van der Waals surface area contributed by atoms with Gasteiger partial charge in [-0.2, -0.15) is 5.10 Å². The van der Waals surface area contributed by atoms with E-state index in [2.05, 4.69) is 5.10 Å². The first-order valence-corrected chi connectivity index (χ1v) is 4.36. The minimum atomic E-state index is -1.08. The normalized spacial score (nSPS) is 18.2. The van der Waals surface area contributed by atoms with Gasteiger partial charge >= 0.3 is 0 Å². The van der Waals surface area contributed by atoms with Crippen molar-refractivity contribution in [1.29, 1.82) is 0 Å². The van der Waals surface area contributed by atoms with Gasteiger partial charge in [-0.15, -0.1) is 0 Å². The van der Waals surface area contributed by atoms with Gasteiger partial charge in [0.1, 0.15) is 6.10 Å². The molecule has 0 saturated heterocycles. The van der Waals surface area contributed by atoms with Crippen LogP contribution in [0.3, 0.4) is 0 Å². The summed E-state index contributed by atoms with van der Waals surface area (Å²) >= 11 is 0. The molecule has 1 rings (SSSR count). The number of hydrogen-bond donors (Lipinski definition) is 2. The van der Waals surface area contributed by atoms with Crippen LogP contribution in [-0.2, 0) is 7.05 Å². The number of rotatable bonds is 3. The van der Waals surface area contributed by atoms with Gasteiger partial charge in [0.15, 0.2) is 0 Å². The molecule has 0 aliphatic rings. The fourth-order valence-corrected chi connectivity index (χ4v) is 1.13. The molecule has 0 aliphatic carbocycles. The van der Waals surface area contributed by atoms with Crippen molar-refractivity contribution in [2.24, 2.45) is 7.05 Å². The molecule has 1 aromatic heterocycles. The van der Waals surface area contributed by atoms with Crippen LogP contribution in [0.2, 0.25) is 0 Å². The summed E-state index contributed by atoms with van der Waals surface area (Å²) in [5, 5.41) is 23.5. The molecule has 13 heavy (non-hydrogen) atoms. The number of aromatic nitrogens is 2. The van der Waals surface area contributed by atoms with E-state index in [0.717, 1.165) is 0 Å². The molecular formula is C9H16N2O2. The Bertz CT molecular complexity index is 281. The zero-order valence-electron chi connectivity index (χ0n) is 8.23. The summed E-state index contributed by atoms with van der Waals surface area (Å²) in [6.07, 6.45) is 2.90. The second-order valence-electron chi connectivity index (χ2n) is 3.56. The van der Waals surface area contributed by atoms with Gasteiger partial charge in [-0.25, -0.2) is 0 Å². The Kier molecular flexibility index (Phi) is 2.73. The average molecular weight is 184 g/mol. The van der Waals surface area contributed by atoms with Gasteiger partial charge in [0.2, 0.25) is 0 Å². The van der Waals surface area contributed by atoms with Crippen LogP contribution >= 0.6 is 0 Å². The first kappa shape index (κ1) is 10.2. The highest BCUT2D eigenvalue weighted by molar-refractivity contribution is 5.11. The fraction of sp³-hybridized carbons (Fsp3) is 0.667. The Morgan fingerprint density at radius 2 is 2.31 bits per heavy atom. The summed E-state index contributed by atoms with van der Waals surface area (Å²) in [5.41, 5.74) is -0.433. The second-order valence-corrected chi connectivity index (χ2v) is 3.56. The van der Waals surface area contributed by atoms with Crippen LogP contribution in [0.1, 0.15) is 31.9 Å². The molecule has 1 aromatic rings. The van der Waals surface area contributed by atoms with Crippen LogP contribution in [0.4, 0.5) is 0 Å². The minimum Gasteiger partial charge on any atom is -0.387 e. The fourth-order valence-electron chi connectivity index (χ4n) is 1.13.